The predicted octanol–water partition coefficient (Wildman–Crippen LogP) is 3.25. The second-order valence-corrected chi connectivity index (χ2v) is 6.57. The smallest absolute Gasteiger partial charge is 0.253 e. The van der Waals surface area contributed by atoms with Crippen LogP contribution in [0.2, 0.25) is 0 Å². The topological polar surface area (TPSA) is 49.4 Å². The molecular formula is C21H24N2O2. The first-order valence-corrected chi connectivity index (χ1v) is 8.87. The second-order valence-electron chi connectivity index (χ2n) is 6.57. The molecule has 1 fully saturated rings. The van der Waals surface area contributed by atoms with Gasteiger partial charge in [0.15, 0.2) is 0 Å². The summed E-state index contributed by atoms with van der Waals surface area (Å²) >= 11 is 0. The third-order valence-corrected chi connectivity index (χ3v) is 4.73. The molecule has 25 heavy (non-hydrogen) atoms. The zero-order valence-corrected chi connectivity index (χ0v) is 14.4. The first kappa shape index (κ1) is 17.2. The van der Waals surface area contributed by atoms with E-state index >= 15 is 0 Å². The van der Waals surface area contributed by atoms with E-state index in [-0.39, 0.29) is 11.8 Å². The molecule has 0 spiro atoms. The van der Waals surface area contributed by atoms with Gasteiger partial charge in [0.05, 0.1) is 0 Å². The number of amides is 2. The third-order valence-electron chi connectivity index (χ3n) is 4.73. The number of nitrogens with one attached hydrogen (secondary N) is 1. The van der Waals surface area contributed by atoms with Gasteiger partial charge in [-0.15, -0.1) is 0 Å². The van der Waals surface area contributed by atoms with Crippen molar-refractivity contribution in [3.63, 3.8) is 0 Å². The average molecular weight is 336 g/mol. The zero-order chi connectivity index (χ0) is 17.5. The van der Waals surface area contributed by atoms with Gasteiger partial charge >= 0.3 is 0 Å². The number of rotatable bonds is 5. The molecule has 0 unspecified atom stereocenters. The Morgan fingerprint density at radius 3 is 2.16 bits per heavy atom. The highest BCUT2D eigenvalue weighted by Crippen LogP contribution is 2.22. The molecule has 0 bridgehead atoms. The maximum absolute atomic E-state index is 12.4. The van der Waals surface area contributed by atoms with Crippen LogP contribution in [0.3, 0.4) is 0 Å². The number of hydrogen-bond donors (Lipinski definition) is 1. The minimum atomic E-state index is 0.0904. The number of carbonyl (C=O) groups is 2. The highest BCUT2D eigenvalue weighted by Gasteiger charge is 2.24. The minimum absolute atomic E-state index is 0.0904. The van der Waals surface area contributed by atoms with Gasteiger partial charge in [0.2, 0.25) is 5.91 Å². The molecule has 2 aromatic rings. The number of nitrogens with zero attached hydrogens (tertiary/aromatic N) is 1. The predicted molar refractivity (Wildman–Crippen MR) is 98.0 cm³/mol. The monoisotopic (exact) mass is 336 g/mol. The molecular weight excluding hydrogens is 312 g/mol. The summed E-state index contributed by atoms with van der Waals surface area (Å²) in [7, 11) is 0. The van der Waals surface area contributed by atoms with Crippen LogP contribution in [0.5, 0.6) is 0 Å². The highest BCUT2D eigenvalue weighted by molar-refractivity contribution is 5.94. The largest absolute Gasteiger partial charge is 0.352 e. The van der Waals surface area contributed by atoms with Crippen LogP contribution in [0.25, 0.3) is 0 Å². The molecule has 2 aromatic carbocycles. The van der Waals surface area contributed by atoms with E-state index in [0.717, 1.165) is 37.1 Å². The lowest BCUT2D eigenvalue weighted by atomic mass is 9.93. The fourth-order valence-electron chi connectivity index (χ4n) is 3.23. The van der Waals surface area contributed by atoms with Crippen LogP contribution in [0, 0.1) is 5.92 Å². The number of carbonyl (C=O) groups excluding carboxylic acids is 2. The molecule has 1 aliphatic heterocycles. The molecule has 0 saturated carbocycles. The van der Waals surface area contributed by atoms with E-state index in [1.165, 1.54) is 0 Å². The van der Waals surface area contributed by atoms with Crippen LogP contribution in [-0.4, -0.2) is 29.8 Å². The Labute approximate surface area is 148 Å². The highest BCUT2D eigenvalue weighted by atomic mass is 16.2. The number of piperidine rings is 1. The van der Waals surface area contributed by atoms with Crippen molar-refractivity contribution in [2.45, 2.75) is 25.8 Å². The summed E-state index contributed by atoms with van der Waals surface area (Å²) in [4.78, 5) is 26.5. The Morgan fingerprint density at radius 1 is 0.920 bits per heavy atom. The van der Waals surface area contributed by atoms with Crippen LogP contribution in [0.4, 0.5) is 0 Å². The van der Waals surface area contributed by atoms with Gasteiger partial charge < -0.3 is 10.2 Å². The van der Waals surface area contributed by atoms with Gasteiger partial charge in [-0.2, -0.15) is 0 Å². The Balaban J connectivity index is 1.41. The quantitative estimate of drug-likeness (QED) is 0.911. The van der Waals surface area contributed by atoms with Gasteiger partial charge in [0, 0.05) is 31.6 Å². The van der Waals surface area contributed by atoms with Crippen molar-refractivity contribution in [3.8, 4) is 0 Å². The summed E-state index contributed by atoms with van der Waals surface area (Å²) < 4.78 is 0. The van der Waals surface area contributed by atoms with E-state index < -0.39 is 0 Å². The van der Waals surface area contributed by atoms with Crippen LogP contribution in [0.15, 0.2) is 60.7 Å². The summed E-state index contributed by atoms with van der Waals surface area (Å²) in [5.74, 6) is 0.542. The molecule has 130 valence electrons. The lowest BCUT2D eigenvalue weighted by molar-refractivity contribution is -0.122. The zero-order valence-electron chi connectivity index (χ0n) is 14.4. The first-order valence-electron chi connectivity index (χ1n) is 8.87. The molecule has 0 radical (unpaired) electrons. The molecule has 0 aliphatic carbocycles. The molecule has 1 heterocycles. The van der Waals surface area contributed by atoms with Crippen molar-refractivity contribution < 1.29 is 9.59 Å². The Hall–Kier alpha value is -2.62. The van der Waals surface area contributed by atoms with Gasteiger partial charge in [-0.3, -0.25) is 9.59 Å². The third kappa shape index (κ3) is 4.92. The SMILES string of the molecule is O=C(CC1CCN(C(=O)c2ccccc2)CC1)NCc1ccccc1. The lowest BCUT2D eigenvalue weighted by Crippen LogP contribution is -2.39. The Kier molecular flexibility index (Phi) is 5.83. The summed E-state index contributed by atoms with van der Waals surface area (Å²) in [6, 6.07) is 19.3. The molecule has 1 saturated heterocycles. The standard InChI is InChI=1S/C21H24N2O2/c24-20(22-16-18-7-3-1-4-8-18)15-17-11-13-23(14-12-17)21(25)19-9-5-2-6-10-19/h1-10,17H,11-16H2,(H,22,24). The first-order chi connectivity index (χ1) is 12.2. The maximum Gasteiger partial charge on any atom is 0.253 e. The van der Waals surface area contributed by atoms with Gasteiger partial charge in [-0.25, -0.2) is 0 Å². The second kappa shape index (κ2) is 8.47. The van der Waals surface area contributed by atoms with Crippen LogP contribution in [-0.2, 0) is 11.3 Å². The lowest BCUT2D eigenvalue weighted by Gasteiger charge is -2.31. The minimum Gasteiger partial charge on any atom is -0.352 e. The van der Waals surface area contributed by atoms with Gasteiger partial charge in [-0.05, 0) is 36.5 Å². The van der Waals surface area contributed by atoms with Crippen molar-refractivity contribution in [2.24, 2.45) is 5.92 Å². The Morgan fingerprint density at radius 2 is 1.52 bits per heavy atom. The summed E-state index contributed by atoms with van der Waals surface area (Å²) in [6.45, 7) is 2.03. The molecule has 1 aliphatic rings. The Bertz CT molecular complexity index is 692. The molecule has 0 atom stereocenters. The summed E-state index contributed by atoms with van der Waals surface area (Å²) in [5, 5.41) is 2.99. The molecule has 4 nitrogen and oxygen atoms in total. The van der Waals surface area contributed by atoms with Crippen LogP contribution < -0.4 is 5.32 Å². The molecule has 1 N–H and O–H groups in total. The maximum atomic E-state index is 12.4. The van der Waals surface area contributed by atoms with Crippen LogP contribution >= 0.6 is 0 Å². The van der Waals surface area contributed by atoms with E-state index in [2.05, 4.69) is 5.32 Å². The number of benzene rings is 2. The van der Waals surface area contributed by atoms with Crippen molar-refractivity contribution in [2.75, 3.05) is 13.1 Å². The van der Waals surface area contributed by atoms with Crippen molar-refractivity contribution in [3.05, 3.63) is 71.8 Å². The van der Waals surface area contributed by atoms with Crippen molar-refractivity contribution >= 4 is 11.8 Å². The average Bonchev–Trinajstić information content (AvgIpc) is 2.68. The van der Waals surface area contributed by atoms with E-state index in [0.29, 0.717) is 18.9 Å². The van der Waals surface area contributed by atoms with E-state index in [4.69, 9.17) is 0 Å². The molecule has 3 rings (SSSR count). The van der Waals surface area contributed by atoms with Crippen LogP contribution in [0.1, 0.15) is 35.2 Å². The molecule has 2 amide bonds. The molecule has 4 heteroatoms. The van der Waals surface area contributed by atoms with E-state index in [9.17, 15) is 9.59 Å². The molecule has 0 aromatic heterocycles. The van der Waals surface area contributed by atoms with Crippen molar-refractivity contribution in [1.29, 1.82) is 0 Å². The summed E-state index contributed by atoms with van der Waals surface area (Å²) in [6.07, 6.45) is 2.31. The van der Waals surface area contributed by atoms with Gasteiger partial charge in [0.25, 0.3) is 5.91 Å². The van der Waals surface area contributed by atoms with E-state index in [1.54, 1.807) is 0 Å². The van der Waals surface area contributed by atoms with Crippen molar-refractivity contribution in [1.82, 2.24) is 10.2 Å². The fourth-order valence-corrected chi connectivity index (χ4v) is 3.23. The number of hydrogen-bond acceptors (Lipinski definition) is 2. The normalized spacial score (nSPS) is 15.0. The summed E-state index contributed by atoms with van der Waals surface area (Å²) in [5.41, 5.74) is 1.85. The van der Waals surface area contributed by atoms with E-state index in [1.807, 2.05) is 65.6 Å². The number of likely N-dealkylation sites (tertiary alicyclic amines) is 1. The van der Waals surface area contributed by atoms with Gasteiger partial charge in [-0.1, -0.05) is 48.5 Å². The fraction of sp³-hybridized carbons (Fsp3) is 0.333. The van der Waals surface area contributed by atoms with Gasteiger partial charge in [0.1, 0.15) is 0 Å².